The first-order valence-corrected chi connectivity index (χ1v) is 10.7. The summed E-state index contributed by atoms with van der Waals surface area (Å²) in [7, 11) is 1.67. The minimum Gasteiger partial charge on any atom is -0.497 e. The Kier molecular flexibility index (Phi) is 13.9. The van der Waals surface area contributed by atoms with Crippen molar-refractivity contribution in [2.75, 3.05) is 33.4 Å². The standard InChI is InChI=1S/C22H35N5O3.HI/c1-5-29-15-7-14-24-22(25-16-18-9-11-19(28-4)12-10-18)23-13-6-8-20-26-21(17(2)3)27-30-20;/h9-12,17H,5-8,13-16H2,1-4H3,(H2,23,24,25);1H. The molecule has 0 spiro atoms. The Balaban J connectivity index is 0.00000480. The summed E-state index contributed by atoms with van der Waals surface area (Å²) in [5, 5.41) is 10.8. The van der Waals surface area contributed by atoms with Crippen molar-refractivity contribution in [3.63, 3.8) is 0 Å². The van der Waals surface area contributed by atoms with E-state index in [0.717, 1.165) is 68.7 Å². The largest absolute Gasteiger partial charge is 0.497 e. The third-order valence-corrected chi connectivity index (χ3v) is 4.40. The molecule has 0 atom stereocenters. The van der Waals surface area contributed by atoms with Gasteiger partial charge in [0.2, 0.25) is 5.89 Å². The zero-order valence-electron chi connectivity index (χ0n) is 19.0. The number of aryl methyl sites for hydroxylation is 1. The van der Waals surface area contributed by atoms with Gasteiger partial charge < -0.3 is 24.6 Å². The molecule has 0 bridgehead atoms. The number of aromatic nitrogens is 2. The lowest BCUT2D eigenvalue weighted by atomic mass is 10.2. The van der Waals surface area contributed by atoms with Gasteiger partial charge >= 0.3 is 0 Å². The molecular formula is C22H36IN5O3. The second kappa shape index (κ2) is 15.9. The first-order valence-electron chi connectivity index (χ1n) is 10.7. The van der Waals surface area contributed by atoms with Gasteiger partial charge in [-0.05, 0) is 37.5 Å². The van der Waals surface area contributed by atoms with Crippen LogP contribution in [0.25, 0.3) is 0 Å². The highest BCUT2D eigenvalue weighted by molar-refractivity contribution is 14.0. The lowest BCUT2D eigenvalue weighted by Crippen LogP contribution is -2.38. The van der Waals surface area contributed by atoms with E-state index in [1.807, 2.05) is 31.2 Å². The van der Waals surface area contributed by atoms with Crippen molar-refractivity contribution in [2.45, 2.75) is 52.5 Å². The number of guanidine groups is 1. The number of nitrogens with one attached hydrogen (secondary N) is 2. The molecule has 1 heterocycles. The monoisotopic (exact) mass is 545 g/mol. The zero-order valence-corrected chi connectivity index (χ0v) is 21.3. The summed E-state index contributed by atoms with van der Waals surface area (Å²) in [5.74, 6) is 3.35. The topological polar surface area (TPSA) is 93.8 Å². The van der Waals surface area contributed by atoms with Crippen LogP contribution in [0.2, 0.25) is 0 Å². The van der Waals surface area contributed by atoms with Crippen LogP contribution in [0.3, 0.4) is 0 Å². The molecule has 2 N–H and O–H groups in total. The smallest absolute Gasteiger partial charge is 0.226 e. The Bertz CT molecular complexity index is 750. The molecule has 31 heavy (non-hydrogen) atoms. The van der Waals surface area contributed by atoms with Gasteiger partial charge in [0.15, 0.2) is 11.8 Å². The molecule has 2 rings (SSSR count). The molecule has 1 aromatic carbocycles. The second-order valence-electron chi connectivity index (χ2n) is 7.22. The first-order chi connectivity index (χ1) is 14.6. The molecule has 0 saturated heterocycles. The summed E-state index contributed by atoms with van der Waals surface area (Å²) in [6, 6.07) is 7.94. The highest BCUT2D eigenvalue weighted by atomic mass is 127. The molecule has 9 heteroatoms. The maximum absolute atomic E-state index is 5.40. The summed E-state index contributed by atoms with van der Waals surface area (Å²) in [6.07, 6.45) is 2.54. The summed E-state index contributed by atoms with van der Waals surface area (Å²) in [4.78, 5) is 9.12. The Morgan fingerprint density at radius 2 is 1.84 bits per heavy atom. The Hall–Kier alpha value is -1.88. The lowest BCUT2D eigenvalue weighted by molar-refractivity contribution is 0.145. The van der Waals surface area contributed by atoms with Crippen LogP contribution in [0, 0.1) is 0 Å². The molecule has 8 nitrogen and oxygen atoms in total. The van der Waals surface area contributed by atoms with Gasteiger partial charge in [0, 0.05) is 38.6 Å². The van der Waals surface area contributed by atoms with Gasteiger partial charge in [-0.2, -0.15) is 4.98 Å². The molecule has 0 aliphatic heterocycles. The molecule has 0 saturated carbocycles. The van der Waals surface area contributed by atoms with Crippen molar-refractivity contribution in [2.24, 2.45) is 4.99 Å². The van der Waals surface area contributed by atoms with Gasteiger partial charge in [0.25, 0.3) is 0 Å². The fraction of sp³-hybridized carbons (Fsp3) is 0.591. The number of benzene rings is 1. The van der Waals surface area contributed by atoms with Gasteiger partial charge in [0.1, 0.15) is 5.75 Å². The van der Waals surface area contributed by atoms with E-state index in [1.54, 1.807) is 7.11 Å². The van der Waals surface area contributed by atoms with Gasteiger partial charge in [-0.3, -0.25) is 0 Å². The minimum absolute atomic E-state index is 0. The number of hydrogen-bond acceptors (Lipinski definition) is 6. The van der Waals surface area contributed by atoms with Crippen LogP contribution in [0.15, 0.2) is 33.8 Å². The fourth-order valence-electron chi connectivity index (χ4n) is 2.65. The first kappa shape index (κ1) is 27.2. The average Bonchev–Trinajstić information content (AvgIpc) is 3.24. The molecular weight excluding hydrogens is 509 g/mol. The van der Waals surface area contributed by atoms with Crippen LogP contribution >= 0.6 is 24.0 Å². The van der Waals surface area contributed by atoms with Crippen LogP contribution in [0.5, 0.6) is 5.75 Å². The predicted molar refractivity (Wildman–Crippen MR) is 133 cm³/mol. The van der Waals surface area contributed by atoms with E-state index < -0.39 is 0 Å². The van der Waals surface area contributed by atoms with E-state index in [2.05, 4.69) is 34.6 Å². The number of halogens is 1. The maximum atomic E-state index is 5.40. The maximum Gasteiger partial charge on any atom is 0.226 e. The van der Waals surface area contributed by atoms with Gasteiger partial charge in [-0.1, -0.05) is 31.1 Å². The average molecular weight is 545 g/mol. The van der Waals surface area contributed by atoms with Crippen LogP contribution in [0.4, 0.5) is 0 Å². The number of rotatable bonds is 13. The van der Waals surface area contributed by atoms with Crippen molar-refractivity contribution in [1.82, 2.24) is 20.8 Å². The highest BCUT2D eigenvalue weighted by Crippen LogP contribution is 2.12. The van der Waals surface area contributed by atoms with Crippen molar-refractivity contribution in [3.05, 3.63) is 41.5 Å². The number of ether oxygens (including phenoxy) is 2. The third-order valence-electron chi connectivity index (χ3n) is 4.40. The quantitative estimate of drug-likeness (QED) is 0.171. The Morgan fingerprint density at radius 3 is 2.45 bits per heavy atom. The lowest BCUT2D eigenvalue weighted by Gasteiger charge is -2.12. The zero-order chi connectivity index (χ0) is 21.6. The van der Waals surface area contributed by atoms with E-state index >= 15 is 0 Å². The fourth-order valence-corrected chi connectivity index (χ4v) is 2.65. The molecule has 1 aromatic heterocycles. The molecule has 174 valence electrons. The molecule has 0 aliphatic rings. The van der Waals surface area contributed by atoms with Crippen LogP contribution in [-0.4, -0.2) is 49.5 Å². The van der Waals surface area contributed by atoms with Crippen molar-refractivity contribution in [3.8, 4) is 5.75 Å². The Labute approximate surface area is 202 Å². The number of hydrogen-bond donors (Lipinski definition) is 2. The minimum atomic E-state index is 0. The second-order valence-corrected chi connectivity index (χ2v) is 7.22. The molecule has 0 fully saturated rings. The Morgan fingerprint density at radius 1 is 1.13 bits per heavy atom. The van der Waals surface area contributed by atoms with Gasteiger partial charge in [-0.25, -0.2) is 4.99 Å². The van der Waals surface area contributed by atoms with E-state index in [4.69, 9.17) is 19.0 Å². The van der Waals surface area contributed by atoms with Crippen molar-refractivity contribution < 1.29 is 14.0 Å². The summed E-state index contributed by atoms with van der Waals surface area (Å²) in [6.45, 7) is 9.75. The highest BCUT2D eigenvalue weighted by Gasteiger charge is 2.09. The molecule has 0 aliphatic carbocycles. The SMILES string of the molecule is CCOCCCNC(=NCc1ccc(OC)cc1)NCCCc1nc(C(C)C)no1.I. The van der Waals surface area contributed by atoms with E-state index in [0.29, 0.717) is 12.4 Å². The van der Waals surface area contributed by atoms with E-state index in [1.165, 1.54) is 0 Å². The van der Waals surface area contributed by atoms with Crippen LogP contribution < -0.4 is 15.4 Å². The number of nitrogens with zero attached hydrogens (tertiary/aromatic N) is 3. The molecule has 0 amide bonds. The van der Waals surface area contributed by atoms with Crippen LogP contribution in [0.1, 0.15) is 56.8 Å². The number of methoxy groups -OCH3 is 1. The third kappa shape index (κ3) is 10.8. The van der Waals surface area contributed by atoms with Gasteiger partial charge in [0.05, 0.1) is 13.7 Å². The van der Waals surface area contributed by atoms with Crippen molar-refractivity contribution in [1.29, 1.82) is 0 Å². The summed E-state index contributed by atoms with van der Waals surface area (Å²) >= 11 is 0. The molecule has 0 unspecified atom stereocenters. The van der Waals surface area contributed by atoms with E-state index in [-0.39, 0.29) is 29.9 Å². The van der Waals surface area contributed by atoms with E-state index in [9.17, 15) is 0 Å². The van der Waals surface area contributed by atoms with Crippen LogP contribution in [-0.2, 0) is 17.7 Å². The predicted octanol–water partition coefficient (Wildman–Crippen LogP) is 3.91. The summed E-state index contributed by atoms with van der Waals surface area (Å²) in [5.41, 5.74) is 1.12. The summed E-state index contributed by atoms with van der Waals surface area (Å²) < 4.78 is 15.9. The van der Waals surface area contributed by atoms with Gasteiger partial charge in [-0.15, -0.1) is 24.0 Å². The molecule has 0 radical (unpaired) electrons. The number of aliphatic imine (C=N–C) groups is 1. The van der Waals surface area contributed by atoms with Crippen molar-refractivity contribution >= 4 is 29.9 Å². The normalized spacial score (nSPS) is 11.3. The molecule has 2 aromatic rings.